The highest BCUT2D eigenvalue weighted by molar-refractivity contribution is 7.08. The summed E-state index contributed by atoms with van der Waals surface area (Å²) in [6, 6.07) is 17.2. The minimum Gasteiger partial charge on any atom is -0.480 e. The number of rotatable bonds is 6. The quantitative estimate of drug-likeness (QED) is 0.316. The van der Waals surface area contributed by atoms with Crippen molar-refractivity contribution < 1.29 is 9.53 Å². The predicted octanol–water partition coefficient (Wildman–Crippen LogP) is 4.13. The summed E-state index contributed by atoms with van der Waals surface area (Å²) in [5, 5.41) is 7.48. The van der Waals surface area contributed by atoms with Crippen molar-refractivity contribution >= 4 is 34.4 Å². The van der Waals surface area contributed by atoms with E-state index in [1.165, 1.54) is 7.11 Å². The van der Waals surface area contributed by atoms with Gasteiger partial charge in [0.2, 0.25) is 5.88 Å². The molecule has 1 amide bonds. The SMILES string of the molecule is COc1cc(C(=O)N[C@H]2CCc3cc(-n4c(-c5cccnc5N)nc5ccc(-n6cccn6)nc54)ccc32)sn1. The van der Waals surface area contributed by atoms with Crippen molar-refractivity contribution in [3.05, 3.63) is 89.2 Å². The van der Waals surface area contributed by atoms with Crippen molar-refractivity contribution in [3.63, 3.8) is 0 Å². The Balaban J connectivity index is 1.30. The minimum absolute atomic E-state index is 0.0952. The smallest absolute Gasteiger partial charge is 0.263 e. The van der Waals surface area contributed by atoms with Gasteiger partial charge in [0.25, 0.3) is 5.91 Å². The molecule has 5 aromatic heterocycles. The zero-order valence-electron chi connectivity index (χ0n) is 21.4. The molecule has 0 unspecified atom stereocenters. The topological polar surface area (TPSA) is 139 Å². The van der Waals surface area contributed by atoms with Crippen LogP contribution in [0.1, 0.15) is 33.3 Å². The highest BCUT2D eigenvalue weighted by Crippen LogP contribution is 2.36. The van der Waals surface area contributed by atoms with Crippen LogP contribution in [0.5, 0.6) is 5.88 Å². The molecule has 40 heavy (non-hydrogen) atoms. The lowest BCUT2D eigenvalue weighted by Crippen LogP contribution is -2.26. The Morgan fingerprint density at radius 1 is 1.12 bits per heavy atom. The lowest BCUT2D eigenvalue weighted by atomic mass is 10.1. The minimum atomic E-state index is -0.159. The maximum atomic E-state index is 12.9. The van der Waals surface area contributed by atoms with E-state index >= 15 is 0 Å². The molecule has 3 N–H and O–H groups in total. The molecule has 0 fully saturated rings. The van der Waals surface area contributed by atoms with E-state index in [1.54, 1.807) is 23.1 Å². The van der Waals surface area contributed by atoms with Crippen molar-refractivity contribution in [3.8, 4) is 28.8 Å². The molecule has 0 aliphatic heterocycles. The van der Waals surface area contributed by atoms with Crippen LogP contribution in [-0.2, 0) is 6.42 Å². The number of pyridine rings is 2. The molecule has 0 saturated heterocycles. The number of carbonyl (C=O) groups excluding carboxylic acids is 1. The second-order valence-electron chi connectivity index (χ2n) is 9.35. The molecule has 0 bridgehead atoms. The van der Waals surface area contributed by atoms with Crippen LogP contribution >= 0.6 is 11.5 Å². The van der Waals surface area contributed by atoms with Crippen molar-refractivity contribution in [2.75, 3.05) is 12.8 Å². The van der Waals surface area contributed by atoms with Gasteiger partial charge in [0.15, 0.2) is 17.3 Å². The molecule has 6 aromatic rings. The van der Waals surface area contributed by atoms with Crippen molar-refractivity contribution in [1.29, 1.82) is 0 Å². The fourth-order valence-electron chi connectivity index (χ4n) is 5.10. The third-order valence-corrected chi connectivity index (χ3v) is 7.77. The van der Waals surface area contributed by atoms with Crippen LogP contribution in [-0.4, -0.2) is 46.7 Å². The van der Waals surface area contributed by atoms with Crippen molar-refractivity contribution in [1.82, 2.24) is 39.0 Å². The van der Waals surface area contributed by atoms with Gasteiger partial charge in [0, 0.05) is 30.3 Å². The highest BCUT2D eigenvalue weighted by atomic mass is 32.1. The first-order chi connectivity index (χ1) is 19.6. The molecule has 1 aromatic carbocycles. The molecule has 198 valence electrons. The third-order valence-electron chi connectivity index (χ3n) is 7.00. The summed E-state index contributed by atoms with van der Waals surface area (Å²) in [7, 11) is 1.53. The van der Waals surface area contributed by atoms with Gasteiger partial charge in [-0.3, -0.25) is 9.36 Å². The first kappa shape index (κ1) is 24.0. The Morgan fingerprint density at radius 3 is 2.85 bits per heavy atom. The number of benzene rings is 1. The number of fused-ring (bicyclic) bond motifs is 2. The Hall–Kier alpha value is -5.10. The summed E-state index contributed by atoms with van der Waals surface area (Å²) in [4.78, 5) is 27.5. The summed E-state index contributed by atoms with van der Waals surface area (Å²) in [5.41, 5.74) is 11.5. The van der Waals surface area contributed by atoms with Crippen LogP contribution in [0.3, 0.4) is 0 Å². The van der Waals surface area contributed by atoms with Crippen LogP contribution in [0, 0.1) is 0 Å². The molecule has 0 radical (unpaired) electrons. The summed E-state index contributed by atoms with van der Waals surface area (Å²) >= 11 is 1.12. The van der Waals surface area contributed by atoms with E-state index in [-0.39, 0.29) is 11.9 Å². The number of amides is 1. The molecule has 12 heteroatoms. The number of imidazole rings is 1. The molecular weight excluding hydrogens is 526 g/mol. The molecule has 5 heterocycles. The monoisotopic (exact) mass is 549 g/mol. The molecule has 1 aliphatic carbocycles. The van der Waals surface area contributed by atoms with Gasteiger partial charge in [-0.25, -0.2) is 19.6 Å². The van der Waals surface area contributed by atoms with Gasteiger partial charge in [0.1, 0.15) is 16.2 Å². The number of ether oxygens (including phenoxy) is 1. The van der Waals surface area contributed by atoms with Gasteiger partial charge in [0.05, 0.1) is 18.7 Å². The van der Waals surface area contributed by atoms with E-state index < -0.39 is 0 Å². The van der Waals surface area contributed by atoms with Gasteiger partial charge < -0.3 is 15.8 Å². The molecule has 7 rings (SSSR count). The number of nitrogens with two attached hydrogens (primary N) is 1. The second kappa shape index (κ2) is 9.58. The van der Waals surface area contributed by atoms with E-state index in [1.807, 2.05) is 47.2 Å². The summed E-state index contributed by atoms with van der Waals surface area (Å²) in [6.45, 7) is 0. The van der Waals surface area contributed by atoms with Crippen LogP contribution < -0.4 is 15.8 Å². The Labute approximate surface area is 232 Å². The number of carbonyl (C=O) groups is 1. The van der Waals surface area contributed by atoms with E-state index in [0.717, 1.165) is 46.7 Å². The maximum Gasteiger partial charge on any atom is 0.263 e. The summed E-state index contributed by atoms with van der Waals surface area (Å²) in [6.07, 6.45) is 6.84. The number of aryl methyl sites for hydroxylation is 1. The molecule has 1 aliphatic rings. The van der Waals surface area contributed by atoms with E-state index in [9.17, 15) is 4.79 Å². The lowest BCUT2D eigenvalue weighted by molar-refractivity contribution is 0.0940. The number of hydrogen-bond acceptors (Lipinski definition) is 9. The fourth-order valence-corrected chi connectivity index (χ4v) is 5.71. The second-order valence-corrected chi connectivity index (χ2v) is 10.2. The zero-order chi connectivity index (χ0) is 27.2. The average Bonchev–Trinajstić information content (AvgIpc) is 3.79. The van der Waals surface area contributed by atoms with Crippen LogP contribution in [0.2, 0.25) is 0 Å². The number of nitrogen functional groups attached to an aromatic ring is 1. The van der Waals surface area contributed by atoms with E-state index in [4.69, 9.17) is 20.4 Å². The van der Waals surface area contributed by atoms with Crippen LogP contribution in [0.15, 0.2) is 73.2 Å². The average molecular weight is 550 g/mol. The van der Waals surface area contributed by atoms with E-state index in [0.29, 0.717) is 39.4 Å². The number of aromatic nitrogens is 7. The first-order valence-electron chi connectivity index (χ1n) is 12.6. The van der Waals surface area contributed by atoms with Gasteiger partial charge in [-0.2, -0.15) is 9.47 Å². The molecule has 1 atom stereocenters. The fraction of sp³-hybridized carbons (Fsp3) is 0.143. The van der Waals surface area contributed by atoms with Gasteiger partial charge in [-0.15, -0.1) is 0 Å². The molecule has 0 saturated carbocycles. The number of anilines is 1. The highest BCUT2D eigenvalue weighted by Gasteiger charge is 2.27. The van der Waals surface area contributed by atoms with Crippen LogP contribution in [0.25, 0.3) is 34.1 Å². The Bertz CT molecular complexity index is 1880. The lowest BCUT2D eigenvalue weighted by Gasteiger charge is -2.15. The zero-order valence-corrected chi connectivity index (χ0v) is 22.2. The summed E-state index contributed by atoms with van der Waals surface area (Å²) in [5.74, 6) is 1.98. The van der Waals surface area contributed by atoms with Gasteiger partial charge in [-0.1, -0.05) is 6.07 Å². The van der Waals surface area contributed by atoms with Crippen molar-refractivity contribution in [2.24, 2.45) is 0 Å². The normalized spacial score (nSPS) is 14.4. The number of nitrogens with one attached hydrogen (secondary N) is 1. The first-order valence-corrected chi connectivity index (χ1v) is 13.4. The van der Waals surface area contributed by atoms with Gasteiger partial charge in [-0.05, 0) is 78.0 Å². The standard InChI is InChI=1S/C28H23N9O2S/c1-39-24-15-22(40-35-24)28(38)33-20-8-5-16-14-17(6-7-18(16)20)37-26(19-4-2-11-30-25(19)29)32-21-9-10-23(34-27(21)37)36-13-3-12-31-36/h2-4,6-7,9-15,20H,5,8H2,1H3,(H2,29,30)(H,33,38)/t20-/m0/s1. The number of methoxy groups -OCH3 is 1. The maximum absolute atomic E-state index is 12.9. The van der Waals surface area contributed by atoms with E-state index in [2.05, 4.69) is 31.9 Å². The number of hydrogen-bond donors (Lipinski definition) is 2. The molecular formula is C28H23N9O2S. The molecule has 0 spiro atoms. The predicted molar refractivity (Wildman–Crippen MR) is 151 cm³/mol. The van der Waals surface area contributed by atoms with Gasteiger partial charge >= 0.3 is 0 Å². The van der Waals surface area contributed by atoms with Crippen LogP contribution in [0.4, 0.5) is 5.82 Å². The molecule has 11 nitrogen and oxygen atoms in total. The largest absolute Gasteiger partial charge is 0.480 e. The third kappa shape index (κ3) is 4.05. The Morgan fingerprint density at radius 2 is 2.05 bits per heavy atom. The van der Waals surface area contributed by atoms with Crippen molar-refractivity contribution in [2.45, 2.75) is 18.9 Å². The Kier molecular flexibility index (Phi) is 5.74. The number of nitrogens with zero attached hydrogens (tertiary/aromatic N) is 7. The summed E-state index contributed by atoms with van der Waals surface area (Å²) < 4.78 is 13.0.